The van der Waals surface area contributed by atoms with Crippen LogP contribution in [-0.4, -0.2) is 42.8 Å². The topological polar surface area (TPSA) is 15.3 Å². The summed E-state index contributed by atoms with van der Waals surface area (Å²) < 4.78 is 12.2. The summed E-state index contributed by atoms with van der Waals surface area (Å²) in [4.78, 5) is 2.43. The molecule has 1 N–H and O–H groups in total. The van der Waals surface area contributed by atoms with E-state index in [9.17, 15) is 4.39 Å². The second-order valence-corrected chi connectivity index (χ2v) is 4.73. The molecule has 2 nitrogen and oxygen atoms in total. The molecule has 0 aromatic carbocycles. The zero-order valence-corrected chi connectivity index (χ0v) is 10.4. The molecule has 1 rings (SSSR count). The van der Waals surface area contributed by atoms with E-state index in [0.717, 1.165) is 32.5 Å². The third-order valence-corrected chi connectivity index (χ3v) is 3.83. The van der Waals surface area contributed by atoms with Crippen molar-refractivity contribution < 1.29 is 4.39 Å². The first kappa shape index (κ1) is 12.9. The van der Waals surface area contributed by atoms with Gasteiger partial charge in [-0.15, -0.1) is 0 Å². The Kier molecular flexibility index (Phi) is 5.00. The molecule has 0 aliphatic carbocycles. The lowest BCUT2D eigenvalue weighted by Gasteiger charge is -2.46. The first-order valence-electron chi connectivity index (χ1n) is 6.22. The second-order valence-electron chi connectivity index (χ2n) is 4.73. The number of hydrogen-bond acceptors (Lipinski definition) is 2. The molecule has 0 aromatic heterocycles. The van der Waals surface area contributed by atoms with E-state index in [4.69, 9.17) is 0 Å². The summed E-state index contributed by atoms with van der Waals surface area (Å²) in [7, 11) is 0. The van der Waals surface area contributed by atoms with Crippen molar-refractivity contribution in [3.8, 4) is 0 Å². The van der Waals surface area contributed by atoms with Crippen molar-refractivity contribution in [2.24, 2.45) is 0 Å². The minimum Gasteiger partial charge on any atom is -0.308 e. The van der Waals surface area contributed by atoms with Gasteiger partial charge in [0, 0.05) is 31.2 Å². The lowest BCUT2D eigenvalue weighted by Crippen LogP contribution is -2.63. The zero-order chi connectivity index (χ0) is 11.3. The lowest BCUT2D eigenvalue weighted by molar-refractivity contribution is 0.0782. The predicted molar refractivity (Wildman–Crippen MR) is 62.9 cm³/mol. The highest BCUT2D eigenvalue weighted by atomic mass is 19.1. The number of nitrogens with one attached hydrogen (secondary N) is 1. The van der Waals surface area contributed by atoms with Crippen molar-refractivity contribution in [1.29, 1.82) is 0 Å². The SMILES string of the molecule is CCC1(CC)CN(CCCF)C(C)CN1. The van der Waals surface area contributed by atoms with E-state index in [0.29, 0.717) is 12.5 Å². The molecular weight excluding hydrogens is 191 g/mol. The average Bonchev–Trinajstić information content (AvgIpc) is 2.29. The smallest absolute Gasteiger partial charge is 0.0906 e. The Bertz CT molecular complexity index is 180. The van der Waals surface area contributed by atoms with E-state index in [-0.39, 0.29) is 12.2 Å². The molecule has 90 valence electrons. The van der Waals surface area contributed by atoms with Crippen LogP contribution in [0.4, 0.5) is 4.39 Å². The Balaban J connectivity index is 2.54. The van der Waals surface area contributed by atoms with Gasteiger partial charge in [-0.1, -0.05) is 13.8 Å². The molecule has 1 saturated heterocycles. The van der Waals surface area contributed by atoms with Gasteiger partial charge in [0.1, 0.15) is 0 Å². The quantitative estimate of drug-likeness (QED) is 0.758. The van der Waals surface area contributed by atoms with Gasteiger partial charge in [0.05, 0.1) is 6.67 Å². The third-order valence-electron chi connectivity index (χ3n) is 3.83. The van der Waals surface area contributed by atoms with Crippen LogP contribution in [0, 0.1) is 0 Å². The predicted octanol–water partition coefficient (Wildman–Crippen LogP) is 2.20. The Labute approximate surface area is 93.2 Å². The highest BCUT2D eigenvalue weighted by Gasteiger charge is 2.34. The third kappa shape index (κ3) is 3.15. The summed E-state index contributed by atoms with van der Waals surface area (Å²) in [6.07, 6.45) is 2.98. The number of piperazine rings is 1. The van der Waals surface area contributed by atoms with Crippen LogP contribution >= 0.6 is 0 Å². The normalized spacial score (nSPS) is 26.8. The van der Waals surface area contributed by atoms with Gasteiger partial charge in [0.25, 0.3) is 0 Å². The van der Waals surface area contributed by atoms with E-state index in [1.54, 1.807) is 0 Å². The number of alkyl halides is 1. The molecule has 1 atom stereocenters. The lowest BCUT2D eigenvalue weighted by atomic mass is 9.88. The van der Waals surface area contributed by atoms with Crippen molar-refractivity contribution in [1.82, 2.24) is 10.2 Å². The van der Waals surface area contributed by atoms with Crippen molar-refractivity contribution in [2.45, 2.75) is 51.6 Å². The summed E-state index contributed by atoms with van der Waals surface area (Å²) in [5.74, 6) is 0. The summed E-state index contributed by atoms with van der Waals surface area (Å²) in [6, 6.07) is 0.544. The standard InChI is InChI=1S/C12H25FN2/c1-4-12(5-2)10-15(8-6-7-13)11(3)9-14-12/h11,14H,4-10H2,1-3H3. The molecule has 3 heteroatoms. The largest absolute Gasteiger partial charge is 0.308 e. The molecule has 1 aliphatic rings. The molecule has 0 radical (unpaired) electrons. The van der Waals surface area contributed by atoms with Gasteiger partial charge < -0.3 is 5.32 Å². The van der Waals surface area contributed by atoms with Crippen LogP contribution in [0.15, 0.2) is 0 Å². The molecular formula is C12H25FN2. The molecule has 0 saturated carbocycles. The van der Waals surface area contributed by atoms with E-state index in [2.05, 4.69) is 31.0 Å². The maximum atomic E-state index is 12.2. The van der Waals surface area contributed by atoms with Crippen LogP contribution in [0.25, 0.3) is 0 Å². The number of rotatable bonds is 5. The van der Waals surface area contributed by atoms with Crippen LogP contribution in [0.5, 0.6) is 0 Å². The summed E-state index contributed by atoms with van der Waals surface area (Å²) in [6.45, 7) is 9.51. The van der Waals surface area contributed by atoms with Gasteiger partial charge in [-0.25, -0.2) is 0 Å². The molecule has 1 unspecified atom stereocenters. The number of nitrogens with zero attached hydrogens (tertiary/aromatic N) is 1. The van der Waals surface area contributed by atoms with Crippen LogP contribution < -0.4 is 5.32 Å². The van der Waals surface area contributed by atoms with Gasteiger partial charge in [0.2, 0.25) is 0 Å². The van der Waals surface area contributed by atoms with Crippen molar-refractivity contribution >= 4 is 0 Å². The van der Waals surface area contributed by atoms with Gasteiger partial charge in [0.15, 0.2) is 0 Å². The molecule has 1 heterocycles. The van der Waals surface area contributed by atoms with Crippen molar-refractivity contribution in [3.05, 3.63) is 0 Å². The average molecular weight is 216 g/mol. The van der Waals surface area contributed by atoms with Crippen molar-refractivity contribution in [2.75, 3.05) is 26.3 Å². The number of hydrogen-bond donors (Lipinski definition) is 1. The minimum atomic E-state index is -0.193. The Hall–Kier alpha value is -0.150. The molecule has 15 heavy (non-hydrogen) atoms. The fourth-order valence-electron chi connectivity index (χ4n) is 2.38. The van der Waals surface area contributed by atoms with Gasteiger partial charge in [-0.3, -0.25) is 9.29 Å². The fourth-order valence-corrected chi connectivity index (χ4v) is 2.38. The molecule has 0 bridgehead atoms. The molecule has 0 spiro atoms. The second kappa shape index (κ2) is 5.80. The van der Waals surface area contributed by atoms with E-state index in [1.165, 1.54) is 0 Å². The summed E-state index contributed by atoms with van der Waals surface area (Å²) in [5, 5.41) is 3.65. The maximum Gasteiger partial charge on any atom is 0.0906 e. The van der Waals surface area contributed by atoms with E-state index >= 15 is 0 Å². The zero-order valence-electron chi connectivity index (χ0n) is 10.4. The van der Waals surface area contributed by atoms with Crippen molar-refractivity contribution in [3.63, 3.8) is 0 Å². The molecule has 0 aromatic rings. The van der Waals surface area contributed by atoms with Crippen LogP contribution in [-0.2, 0) is 0 Å². The first-order chi connectivity index (χ1) is 7.17. The van der Waals surface area contributed by atoms with Gasteiger partial charge >= 0.3 is 0 Å². The highest BCUT2D eigenvalue weighted by molar-refractivity contribution is 4.95. The molecule has 1 aliphatic heterocycles. The fraction of sp³-hybridized carbons (Fsp3) is 1.00. The van der Waals surface area contributed by atoms with Crippen LogP contribution in [0.1, 0.15) is 40.0 Å². The Morgan fingerprint density at radius 2 is 2.07 bits per heavy atom. The Morgan fingerprint density at radius 1 is 1.40 bits per heavy atom. The highest BCUT2D eigenvalue weighted by Crippen LogP contribution is 2.22. The Morgan fingerprint density at radius 3 is 2.60 bits per heavy atom. The summed E-state index contributed by atoms with van der Waals surface area (Å²) >= 11 is 0. The van der Waals surface area contributed by atoms with E-state index < -0.39 is 0 Å². The van der Waals surface area contributed by atoms with Gasteiger partial charge in [-0.05, 0) is 26.2 Å². The van der Waals surface area contributed by atoms with Gasteiger partial charge in [-0.2, -0.15) is 0 Å². The summed E-state index contributed by atoms with van der Waals surface area (Å²) in [5.41, 5.74) is 0.267. The molecule has 0 amide bonds. The first-order valence-corrected chi connectivity index (χ1v) is 6.22. The maximum absolute atomic E-state index is 12.2. The monoisotopic (exact) mass is 216 g/mol. The minimum absolute atomic E-state index is 0.193. The van der Waals surface area contributed by atoms with Crippen LogP contribution in [0.3, 0.4) is 0 Å². The number of halogens is 1. The van der Waals surface area contributed by atoms with E-state index in [1.807, 2.05) is 0 Å². The van der Waals surface area contributed by atoms with Crippen LogP contribution in [0.2, 0.25) is 0 Å². The molecule has 1 fully saturated rings.